The van der Waals surface area contributed by atoms with Gasteiger partial charge in [0.2, 0.25) is 5.91 Å². The Morgan fingerprint density at radius 2 is 2.11 bits per heavy atom. The number of nitrogens with one attached hydrogen (secondary N) is 1. The van der Waals surface area contributed by atoms with Crippen LogP contribution in [0.15, 0.2) is 18.2 Å². The largest absolute Gasteiger partial charge is 0.481 e. The van der Waals surface area contributed by atoms with Gasteiger partial charge in [0.25, 0.3) is 5.69 Å². The van der Waals surface area contributed by atoms with Crippen LogP contribution >= 0.6 is 11.6 Å². The minimum absolute atomic E-state index is 0.108. The van der Waals surface area contributed by atoms with Crippen molar-refractivity contribution in [3.8, 4) is 0 Å². The zero-order chi connectivity index (χ0) is 14.2. The predicted octanol–water partition coefficient (Wildman–Crippen LogP) is 1.91. The van der Waals surface area contributed by atoms with Crippen LogP contribution in [0, 0.1) is 22.0 Å². The molecule has 0 saturated heterocycles. The van der Waals surface area contributed by atoms with Crippen molar-refractivity contribution in [3.05, 3.63) is 33.3 Å². The summed E-state index contributed by atoms with van der Waals surface area (Å²) in [4.78, 5) is 32.4. The predicted molar refractivity (Wildman–Crippen MR) is 66.0 cm³/mol. The zero-order valence-electron chi connectivity index (χ0n) is 9.50. The van der Waals surface area contributed by atoms with Crippen LogP contribution in [0.1, 0.15) is 6.42 Å². The van der Waals surface area contributed by atoms with Crippen LogP contribution in [0.2, 0.25) is 5.02 Å². The molecule has 1 saturated carbocycles. The second-order valence-electron chi connectivity index (χ2n) is 4.20. The maximum absolute atomic E-state index is 11.7. The van der Waals surface area contributed by atoms with Crippen molar-refractivity contribution in [2.45, 2.75) is 6.42 Å². The van der Waals surface area contributed by atoms with E-state index in [4.69, 9.17) is 16.7 Å². The first-order valence-electron chi connectivity index (χ1n) is 5.37. The summed E-state index contributed by atoms with van der Waals surface area (Å²) in [5, 5.41) is 21.9. The third kappa shape index (κ3) is 2.82. The SMILES string of the molecule is O=C(O)C1CC1C(=O)Nc1cc([N+](=O)[O-])ccc1Cl. The summed E-state index contributed by atoms with van der Waals surface area (Å²) in [6, 6.07) is 3.66. The smallest absolute Gasteiger partial charge is 0.307 e. The third-order valence-corrected chi connectivity index (χ3v) is 3.19. The highest BCUT2D eigenvalue weighted by atomic mass is 35.5. The Labute approximate surface area is 112 Å². The highest BCUT2D eigenvalue weighted by Crippen LogP contribution is 2.40. The van der Waals surface area contributed by atoms with Crippen molar-refractivity contribution >= 4 is 34.9 Å². The average Bonchev–Trinajstić information content (AvgIpc) is 3.11. The Hall–Kier alpha value is -2.15. The first kappa shape index (κ1) is 13.3. The van der Waals surface area contributed by atoms with E-state index < -0.39 is 28.6 Å². The molecule has 0 spiro atoms. The molecule has 19 heavy (non-hydrogen) atoms. The normalized spacial score (nSPS) is 20.7. The minimum atomic E-state index is -1.02. The molecule has 0 aliphatic heterocycles. The Kier molecular flexibility index (Phi) is 3.39. The standard InChI is InChI=1S/C11H9ClN2O5/c12-8-2-1-5(14(18)19)3-9(8)13-10(15)6-4-7(6)11(16)17/h1-3,6-7H,4H2,(H,13,15)(H,16,17). The van der Waals surface area contributed by atoms with E-state index in [0.717, 1.165) is 6.07 Å². The van der Waals surface area contributed by atoms with Gasteiger partial charge in [-0.25, -0.2) is 0 Å². The summed E-state index contributed by atoms with van der Waals surface area (Å²) in [5.41, 5.74) is -0.0952. The van der Waals surface area contributed by atoms with Gasteiger partial charge in [-0.3, -0.25) is 19.7 Å². The molecule has 100 valence electrons. The lowest BCUT2D eigenvalue weighted by atomic mass is 10.2. The fourth-order valence-electron chi connectivity index (χ4n) is 1.71. The molecule has 2 N–H and O–H groups in total. The molecule has 0 heterocycles. The molecular formula is C11H9ClN2O5. The van der Waals surface area contributed by atoms with Crippen molar-refractivity contribution in [1.82, 2.24) is 0 Å². The number of hydrogen-bond acceptors (Lipinski definition) is 4. The lowest BCUT2D eigenvalue weighted by Gasteiger charge is -2.06. The van der Waals surface area contributed by atoms with Crippen LogP contribution in [-0.2, 0) is 9.59 Å². The van der Waals surface area contributed by atoms with E-state index >= 15 is 0 Å². The molecule has 2 atom stereocenters. The highest BCUT2D eigenvalue weighted by molar-refractivity contribution is 6.33. The van der Waals surface area contributed by atoms with Gasteiger partial charge in [-0.15, -0.1) is 0 Å². The van der Waals surface area contributed by atoms with Gasteiger partial charge in [0, 0.05) is 12.1 Å². The maximum atomic E-state index is 11.7. The molecule has 0 radical (unpaired) electrons. The molecule has 7 nitrogen and oxygen atoms in total. The molecule has 8 heteroatoms. The summed E-state index contributed by atoms with van der Waals surface area (Å²) < 4.78 is 0. The molecule has 1 aliphatic carbocycles. The van der Waals surface area contributed by atoms with Gasteiger partial charge in [-0.1, -0.05) is 11.6 Å². The Morgan fingerprint density at radius 3 is 2.63 bits per heavy atom. The first-order valence-corrected chi connectivity index (χ1v) is 5.75. The number of amides is 1. The highest BCUT2D eigenvalue weighted by Gasteiger charge is 2.48. The number of nitro benzene ring substituents is 1. The summed E-state index contributed by atoms with van der Waals surface area (Å²) in [6.45, 7) is 0. The number of carbonyl (C=O) groups excluding carboxylic acids is 1. The number of halogens is 1. The molecule has 1 aromatic carbocycles. The Balaban J connectivity index is 2.11. The third-order valence-electron chi connectivity index (χ3n) is 2.86. The van der Waals surface area contributed by atoms with E-state index in [2.05, 4.69) is 5.32 Å². The molecule has 1 aromatic rings. The van der Waals surface area contributed by atoms with Gasteiger partial charge in [0.05, 0.1) is 27.5 Å². The number of nitrogens with zero attached hydrogens (tertiary/aromatic N) is 1. The first-order chi connectivity index (χ1) is 8.90. The lowest BCUT2D eigenvalue weighted by molar-refractivity contribution is -0.384. The van der Waals surface area contributed by atoms with Gasteiger partial charge in [0.15, 0.2) is 0 Å². The van der Waals surface area contributed by atoms with Crippen LogP contribution in [0.3, 0.4) is 0 Å². The van der Waals surface area contributed by atoms with E-state index in [1.165, 1.54) is 12.1 Å². The van der Waals surface area contributed by atoms with Crippen LogP contribution in [-0.4, -0.2) is 21.9 Å². The van der Waals surface area contributed by atoms with Gasteiger partial charge in [-0.05, 0) is 12.5 Å². The van der Waals surface area contributed by atoms with Crippen LogP contribution in [0.5, 0.6) is 0 Å². The van der Waals surface area contributed by atoms with E-state index in [1.807, 2.05) is 0 Å². The summed E-state index contributed by atoms with van der Waals surface area (Å²) in [5.74, 6) is -2.80. The number of nitro groups is 1. The second-order valence-corrected chi connectivity index (χ2v) is 4.60. The van der Waals surface area contributed by atoms with Crippen molar-refractivity contribution < 1.29 is 19.6 Å². The lowest BCUT2D eigenvalue weighted by Crippen LogP contribution is -2.17. The number of aliphatic carboxylic acids is 1. The maximum Gasteiger partial charge on any atom is 0.307 e. The molecule has 1 aliphatic rings. The molecule has 2 unspecified atom stereocenters. The number of non-ortho nitro benzene ring substituents is 1. The van der Waals surface area contributed by atoms with Gasteiger partial charge >= 0.3 is 5.97 Å². The molecule has 0 bridgehead atoms. The van der Waals surface area contributed by atoms with Gasteiger partial charge in [-0.2, -0.15) is 0 Å². The summed E-state index contributed by atoms with van der Waals surface area (Å²) in [6.07, 6.45) is 0.272. The van der Waals surface area contributed by atoms with Crippen molar-refractivity contribution in [1.29, 1.82) is 0 Å². The van der Waals surface area contributed by atoms with Gasteiger partial charge in [0.1, 0.15) is 0 Å². The van der Waals surface area contributed by atoms with E-state index in [1.54, 1.807) is 0 Å². The number of hydrogen-bond donors (Lipinski definition) is 2. The minimum Gasteiger partial charge on any atom is -0.481 e. The van der Waals surface area contributed by atoms with Crippen molar-refractivity contribution in [3.63, 3.8) is 0 Å². The quantitative estimate of drug-likeness (QED) is 0.648. The topological polar surface area (TPSA) is 110 Å². The van der Waals surface area contributed by atoms with Crippen molar-refractivity contribution in [2.75, 3.05) is 5.32 Å². The monoisotopic (exact) mass is 284 g/mol. The van der Waals surface area contributed by atoms with Crippen LogP contribution < -0.4 is 5.32 Å². The number of carboxylic acids is 1. The second kappa shape index (κ2) is 4.85. The number of carboxylic acid groups (broad SMARTS) is 1. The summed E-state index contributed by atoms with van der Waals surface area (Å²) >= 11 is 5.82. The van der Waals surface area contributed by atoms with E-state index in [0.29, 0.717) is 0 Å². The number of rotatable bonds is 4. The van der Waals surface area contributed by atoms with Crippen molar-refractivity contribution in [2.24, 2.45) is 11.8 Å². The molecular weight excluding hydrogens is 276 g/mol. The van der Waals surface area contributed by atoms with Gasteiger partial charge < -0.3 is 10.4 Å². The fourth-order valence-corrected chi connectivity index (χ4v) is 1.87. The van der Waals surface area contributed by atoms with Crippen LogP contribution in [0.25, 0.3) is 0 Å². The number of benzene rings is 1. The molecule has 1 fully saturated rings. The average molecular weight is 285 g/mol. The molecule has 2 rings (SSSR count). The molecule has 1 amide bonds. The van der Waals surface area contributed by atoms with E-state index in [-0.39, 0.29) is 22.8 Å². The molecule has 0 aromatic heterocycles. The Bertz CT molecular complexity index is 574. The zero-order valence-corrected chi connectivity index (χ0v) is 10.3. The number of carbonyl (C=O) groups is 2. The fraction of sp³-hybridized carbons (Fsp3) is 0.273. The Morgan fingerprint density at radius 1 is 1.42 bits per heavy atom. The summed E-state index contributed by atoms with van der Waals surface area (Å²) in [7, 11) is 0. The number of anilines is 1. The van der Waals surface area contributed by atoms with E-state index in [9.17, 15) is 19.7 Å². The van der Waals surface area contributed by atoms with Crippen LogP contribution in [0.4, 0.5) is 11.4 Å².